The third kappa shape index (κ3) is 3.14. The van der Waals surface area contributed by atoms with Gasteiger partial charge in [-0.3, -0.25) is 0 Å². The third-order valence-electron chi connectivity index (χ3n) is 6.44. The summed E-state index contributed by atoms with van der Waals surface area (Å²) in [5, 5.41) is 0. The van der Waals surface area contributed by atoms with Crippen molar-refractivity contribution < 1.29 is 4.57 Å². The Labute approximate surface area is 154 Å². The lowest BCUT2D eigenvalue weighted by Crippen LogP contribution is -2.32. The molecule has 0 fully saturated rings. The van der Waals surface area contributed by atoms with Crippen LogP contribution >= 0.6 is 0 Å². The molecule has 3 rings (SSSR count). The predicted molar refractivity (Wildman–Crippen MR) is 107 cm³/mol. The molecule has 2 aromatic rings. The first-order valence-corrected chi connectivity index (χ1v) is 9.66. The lowest BCUT2D eigenvalue weighted by molar-refractivity contribution is -0.660. The van der Waals surface area contributed by atoms with Crippen LogP contribution in [0.1, 0.15) is 74.8 Å². The molecule has 0 amide bonds. The Morgan fingerprint density at radius 2 is 1.32 bits per heavy atom. The van der Waals surface area contributed by atoms with E-state index in [4.69, 9.17) is 0 Å². The smallest absolute Gasteiger partial charge is 0.201 e. The molecule has 1 heterocycles. The van der Waals surface area contributed by atoms with Crippen LogP contribution in [0, 0.1) is 20.8 Å². The summed E-state index contributed by atoms with van der Waals surface area (Å²) in [6.07, 6.45) is 6.11. The highest BCUT2D eigenvalue weighted by Crippen LogP contribution is 2.45. The number of hydrogen-bond acceptors (Lipinski definition) is 0. The lowest BCUT2D eigenvalue weighted by atomic mass is 9.73. The van der Waals surface area contributed by atoms with E-state index >= 15 is 0 Å². The van der Waals surface area contributed by atoms with E-state index in [1.807, 2.05) is 0 Å². The zero-order valence-electron chi connectivity index (χ0n) is 17.4. The highest BCUT2D eigenvalue weighted by Gasteiger charge is 2.35. The molecule has 1 heteroatoms. The summed E-state index contributed by atoms with van der Waals surface area (Å²) in [7, 11) is 2.17. The van der Waals surface area contributed by atoms with E-state index in [0.717, 1.165) is 0 Å². The summed E-state index contributed by atoms with van der Waals surface area (Å²) in [5.41, 5.74) is 10.4. The second-order valence-corrected chi connectivity index (χ2v) is 9.47. The fraction of sp³-hybridized carbons (Fsp3) is 0.542. The fourth-order valence-corrected chi connectivity index (χ4v) is 4.50. The molecule has 0 atom stereocenters. The van der Waals surface area contributed by atoms with E-state index in [0.29, 0.717) is 0 Å². The Bertz CT molecular complexity index is 824. The number of nitrogens with zero attached hydrogens (tertiary/aromatic N) is 1. The van der Waals surface area contributed by atoms with Crippen LogP contribution in [0.25, 0.3) is 11.3 Å². The van der Waals surface area contributed by atoms with Crippen LogP contribution in [-0.2, 0) is 17.9 Å². The van der Waals surface area contributed by atoms with E-state index in [1.165, 1.54) is 47.2 Å². The van der Waals surface area contributed by atoms with Gasteiger partial charge in [0.1, 0.15) is 7.05 Å². The van der Waals surface area contributed by atoms with Crippen LogP contribution in [0.15, 0.2) is 24.4 Å². The second-order valence-electron chi connectivity index (χ2n) is 9.47. The normalized spacial score (nSPS) is 18.6. The minimum atomic E-state index is 0.240. The molecule has 1 nitrogen and oxygen atoms in total. The molecule has 25 heavy (non-hydrogen) atoms. The van der Waals surface area contributed by atoms with Gasteiger partial charge in [0.25, 0.3) is 0 Å². The second kappa shape index (κ2) is 5.97. The van der Waals surface area contributed by atoms with Crippen molar-refractivity contribution in [2.24, 2.45) is 7.05 Å². The first-order valence-electron chi connectivity index (χ1n) is 9.66. The molecule has 0 radical (unpaired) electrons. The van der Waals surface area contributed by atoms with Gasteiger partial charge < -0.3 is 0 Å². The average molecular weight is 337 g/mol. The maximum Gasteiger partial charge on any atom is 0.212 e. The van der Waals surface area contributed by atoms with Crippen molar-refractivity contribution >= 4 is 0 Å². The Morgan fingerprint density at radius 1 is 0.760 bits per heavy atom. The van der Waals surface area contributed by atoms with E-state index < -0.39 is 0 Å². The van der Waals surface area contributed by atoms with Crippen LogP contribution in [-0.4, -0.2) is 0 Å². The van der Waals surface area contributed by atoms with Gasteiger partial charge in [0.2, 0.25) is 5.69 Å². The van der Waals surface area contributed by atoms with Crippen molar-refractivity contribution in [3.63, 3.8) is 0 Å². The molecule has 0 bridgehead atoms. The van der Waals surface area contributed by atoms with Crippen molar-refractivity contribution in [2.45, 2.75) is 78.6 Å². The molecule has 1 aliphatic carbocycles. The Morgan fingerprint density at radius 3 is 1.92 bits per heavy atom. The van der Waals surface area contributed by atoms with E-state index in [1.54, 1.807) is 11.1 Å². The number of aryl methyl sites for hydroxylation is 4. The van der Waals surface area contributed by atoms with Crippen molar-refractivity contribution in [3.05, 3.63) is 52.2 Å². The van der Waals surface area contributed by atoms with Gasteiger partial charge >= 0.3 is 0 Å². The summed E-state index contributed by atoms with van der Waals surface area (Å²) >= 11 is 0. The van der Waals surface area contributed by atoms with Crippen molar-refractivity contribution in [2.75, 3.05) is 0 Å². The van der Waals surface area contributed by atoms with Crippen molar-refractivity contribution in [1.29, 1.82) is 0 Å². The molecular weight excluding hydrogens is 302 g/mol. The van der Waals surface area contributed by atoms with Gasteiger partial charge in [-0.1, -0.05) is 40.2 Å². The minimum Gasteiger partial charge on any atom is -0.201 e. The van der Waals surface area contributed by atoms with Gasteiger partial charge in [-0.15, -0.1) is 0 Å². The fourth-order valence-electron chi connectivity index (χ4n) is 4.50. The molecular formula is C24H34N+. The lowest BCUT2D eigenvalue weighted by Gasteiger charge is -2.31. The minimum absolute atomic E-state index is 0.240. The van der Waals surface area contributed by atoms with Crippen LogP contribution in [0.5, 0.6) is 0 Å². The maximum atomic E-state index is 2.50. The van der Waals surface area contributed by atoms with E-state index in [-0.39, 0.29) is 10.8 Å². The first kappa shape index (κ1) is 18.2. The zero-order valence-corrected chi connectivity index (χ0v) is 17.4. The van der Waals surface area contributed by atoms with Gasteiger partial charge in [-0.2, -0.15) is 0 Å². The van der Waals surface area contributed by atoms with Gasteiger partial charge in [0, 0.05) is 17.2 Å². The maximum absolute atomic E-state index is 2.50. The summed E-state index contributed by atoms with van der Waals surface area (Å²) in [4.78, 5) is 0. The molecule has 0 spiro atoms. The Kier molecular flexibility index (Phi) is 4.34. The Hall–Kier alpha value is -1.63. The topological polar surface area (TPSA) is 3.88 Å². The molecule has 0 unspecified atom stereocenters. The van der Waals surface area contributed by atoms with Crippen LogP contribution in [0.2, 0.25) is 0 Å². The number of benzene rings is 1. The van der Waals surface area contributed by atoms with Crippen LogP contribution in [0.4, 0.5) is 0 Å². The summed E-state index contributed by atoms with van der Waals surface area (Å²) < 4.78 is 2.28. The Balaban J connectivity index is 2.29. The number of aromatic nitrogens is 1. The highest BCUT2D eigenvalue weighted by molar-refractivity contribution is 5.65. The number of hydrogen-bond donors (Lipinski definition) is 0. The van der Waals surface area contributed by atoms with Crippen LogP contribution in [0.3, 0.4) is 0 Å². The summed E-state index contributed by atoms with van der Waals surface area (Å²) in [6.45, 7) is 16.4. The highest BCUT2D eigenvalue weighted by atomic mass is 14.9. The number of rotatable bonds is 1. The third-order valence-corrected chi connectivity index (χ3v) is 6.44. The molecule has 134 valence electrons. The van der Waals surface area contributed by atoms with Gasteiger partial charge in [-0.25, -0.2) is 4.57 Å². The largest absolute Gasteiger partial charge is 0.212 e. The van der Waals surface area contributed by atoms with Gasteiger partial charge in [0.05, 0.1) is 0 Å². The van der Waals surface area contributed by atoms with Gasteiger partial charge in [-0.05, 0) is 72.8 Å². The average Bonchev–Trinajstić information content (AvgIpc) is 2.58. The van der Waals surface area contributed by atoms with E-state index in [2.05, 4.69) is 84.5 Å². The molecule has 0 saturated heterocycles. The molecule has 0 aliphatic heterocycles. The predicted octanol–water partition coefficient (Wildman–Crippen LogP) is 5.84. The van der Waals surface area contributed by atoms with Crippen molar-refractivity contribution in [3.8, 4) is 11.3 Å². The molecule has 1 aliphatic rings. The van der Waals surface area contributed by atoms with Gasteiger partial charge in [0.15, 0.2) is 6.20 Å². The molecule has 0 saturated carbocycles. The number of pyridine rings is 1. The number of fused-ring (bicyclic) bond motifs is 1. The van der Waals surface area contributed by atoms with Crippen LogP contribution < -0.4 is 4.57 Å². The SMILES string of the molecule is Cc1cc(-c2cc3c(cc2C)C(C)(C)CCCC3(C)C)[n+](C)cc1C. The van der Waals surface area contributed by atoms with Crippen molar-refractivity contribution in [1.82, 2.24) is 0 Å². The van der Waals surface area contributed by atoms with E-state index in [9.17, 15) is 0 Å². The quantitative estimate of drug-likeness (QED) is 0.455. The molecule has 1 aromatic heterocycles. The zero-order chi connectivity index (χ0) is 18.6. The summed E-state index contributed by atoms with van der Waals surface area (Å²) in [6, 6.07) is 7.33. The monoisotopic (exact) mass is 336 g/mol. The molecule has 1 aromatic carbocycles. The molecule has 0 N–H and O–H groups in total. The first-order chi connectivity index (χ1) is 11.5. The summed E-state index contributed by atoms with van der Waals surface area (Å²) in [5.74, 6) is 0. The standard InChI is InChI=1S/C24H34N/c1-16-13-22(25(8)15-18(16)3)19-14-21-20(12-17(19)2)23(4,5)10-9-11-24(21,6)7/h12-15H,9-11H2,1-8H3/q+1.